The first-order valence-corrected chi connectivity index (χ1v) is 11.9. The fourth-order valence-corrected chi connectivity index (χ4v) is 4.71. The van der Waals surface area contributed by atoms with Gasteiger partial charge in [-0.1, -0.05) is 42.5 Å². The van der Waals surface area contributed by atoms with E-state index in [4.69, 9.17) is 4.74 Å². The van der Waals surface area contributed by atoms with E-state index in [1.54, 1.807) is 42.5 Å². The van der Waals surface area contributed by atoms with Gasteiger partial charge in [-0.2, -0.15) is 0 Å². The Bertz CT molecular complexity index is 1390. The summed E-state index contributed by atoms with van der Waals surface area (Å²) in [5.41, 5.74) is -0.486. The molecule has 9 heteroatoms. The van der Waals surface area contributed by atoms with E-state index in [2.05, 4.69) is 5.32 Å². The molecule has 0 spiro atoms. The Morgan fingerprint density at radius 2 is 1.29 bits per heavy atom. The summed E-state index contributed by atoms with van der Waals surface area (Å²) in [6, 6.07) is 25.8. The third kappa shape index (κ3) is 5.64. The molecule has 1 N–H and O–H groups in total. The fourth-order valence-electron chi connectivity index (χ4n) is 3.27. The number of amides is 1. The van der Waals surface area contributed by atoms with Crippen molar-refractivity contribution in [2.45, 2.75) is 4.90 Å². The van der Waals surface area contributed by atoms with Crippen molar-refractivity contribution in [2.75, 3.05) is 16.2 Å². The molecule has 0 aliphatic rings. The summed E-state index contributed by atoms with van der Waals surface area (Å²) in [5.74, 6) is -1.82. The van der Waals surface area contributed by atoms with Crippen molar-refractivity contribution in [1.82, 2.24) is 0 Å². The van der Waals surface area contributed by atoms with Gasteiger partial charge in [-0.15, -0.1) is 0 Å². The van der Waals surface area contributed by atoms with Crippen LogP contribution in [0.3, 0.4) is 0 Å². The number of rotatable bonds is 8. The maximum atomic E-state index is 14.0. The average Bonchev–Trinajstić information content (AvgIpc) is 2.87. The topological polar surface area (TPSA) is 75.7 Å². The number of nitrogens with one attached hydrogen (secondary N) is 1. The molecule has 6 nitrogen and oxygen atoms in total. The second kappa shape index (κ2) is 10.4. The van der Waals surface area contributed by atoms with Gasteiger partial charge >= 0.3 is 0 Å². The van der Waals surface area contributed by atoms with E-state index < -0.39 is 39.8 Å². The minimum absolute atomic E-state index is 0.0468. The van der Waals surface area contributed by atoms with Crippen molar-refractivity contribution in [3.63, 3.8) is 0 Å². The van der Waals surface area contributed by atoms with Gasteiger partial charge in [0.25, 0.3) is 10.0 Å². The summed E-state index contributed by atoms with van der Waals surface area (Å²) < 4.78 is 61.4. The Morgan fingerprint density at radius 1 is 0.743 bits per heavy atom. The zero-order valence-corrected chi connectivity index (χ0v) is 19.1. The highest BCUT2D eigenvalue weighted by Crippen LogP contribution is 2.28. The number of sulfonamides is 1. The van der Waals surface area contributed by atoms with Gasteiger partial charge in [0, 0.05) is 0 Å². The first-order chi connectivity index (χ1) is 16.8. The van der Waals surface area contributed by atoms with E-state index in [9.17, 15) is 22.0 Å². The van der Waals surface area contributed by atoms with Crippen molar-refractivity contribution >= 4 is 27.3 Å². The van der Waals surface area contributed by atoms with Crippen molar-refractivity contribution in [1.29, 1.82) is 0 Å². The summed E-state index contributed by atoms with van der Waals surface area (Å²) in [4.78, 5) is 12.7. The van der Waals surface area contributed by atoms with E-state index >= 15 is 0 Å². The third-order valence-corrected chi connectivity index (χ3v) is 6.74. The van der Waals surface area contributed by atoms with E-state index in [0.29, 0.717) is 11.5 Å². The lowest BCUT2D eigenvalue weighted by Crippen LogP contribution is -2.38. The number of halogens is 2. The SMILES string of the molecule is O=C(CN(c1ccc(Oc2ccccc2)cc1)S(=O)(=O)c1ccccc1)Nc1c(F)cccc1F. The standard InChI is InChI=1S/C26H20F2N2O4S/c27-23-12-7-13-24(28)26(23)29-25(31)18-30(35(32,33)22-10-5-2-6-11-22)19-14-16-21(17-15-19)34-20-8-3-1-4-9-20/h1-17H,18H2,(H,29,31). The van der Waals surface area contributed by atoms with Gasteiger partial charge < -0.3 is 10.1 Å². The average molecular weight is 495 g/mol. The maximum Gasteiger partial charge on any atom is 0.264 e. The maximum absolute atomic E-state index is 14.0. The molecule has 0 fully saturated rings. The molecule has 0 heterocycles. The summed E-state index contributed by atoms with van der Waals surface area (Å²) >= 11 is 0. The van der Waals surface area contributed by atoms with Crippen molar-refractivity contribution in [3.05, 3.63) is 115 Å². The quantitative estimate of drug-likeness (QED) is 0.346. The van der Waals surface area contributed by atoms with Gasteiger partial charge in [0.2, 0.25) is 5.91 Å². The summed E-state index contributed by atoms with van der Waals surface area (Å²) in [6.45, 7) is -0.718. The van der Waals surface area contributed by atoms with E-state index in [1.165, 1.54) is 24.3 Å². The van der Waals surface area contributed by atoms with Gasteiger partial charge in [0.15, 0.2) is 0 Å². The number of nitrogens with zero attached hydrogens (tertiary/aromatic N) is 1. The van der Waals surface area contributed by atoms with Crippen LogP contribution in [0.25, 0.3) is 0 Å². The smallest absolute Gasteiger partial charge is 0.264 e. The summed E-state index contributed by atoms with van der Waals surface area (Å²) in [5, 5.41) is 2.13. The molecule has 4 rings (SSSR count). The Balaban J connectivity index is 1.63. The van der Waals surface area contributed by atoms with E-state index in [-0.39, 0.29) is 10.6 Å². The molecule has 35 heavy (non-hydrogen) atoms. The minimum Gasteiger partial charge on any atom is -0.457 e. The minimum atomic E-state index is -4.19. The van der Waals surface area contributed by atoms with Crippen molar-refractivity contribution < 1.29 is 26.7 Å². The van der Waals surface area contributed by atoms with Crippen LogP contribution in [0.15, 0.2) is 108 Å². The van der Waals surface area contributed by atoms with Gasteiger partial charge in [-0.25, -0.2) is 17.2 Å². The van der Waals surface area contributed by atoms with Crippen LogP contribution in [-0.4, -0.2) is 20.9 Å². The molecule has 0 radical (unpaired) electrons. The van der Waals surface area contributed by atoms with Crippen molar-refractivity contribution in [3.8, 4) is 11.5 Å². The lowest BCUT2D eigenvalue weighted by Gasteiger charge is -2.24. The first-order valence-electron chi connectivity index (χ1n) is 10.5. The Hall–Kier alpha value is -4.24. The molecule has 4 aromatic carbocycles. The van der Waals surface area contributed by atoms with E-state index in [1.807, 2.05) is 18.2 Å². The number of para-hydroxylation sites is 2. The molecule has 0 bridgehead atoms. The zero-order chi connectivity index (χ0) is 24.8. The van der Waals surface area contributed by atoms with Crippen LogP contribution in [-0.2, 0) is 14.8 Å². The predicted octanol–water partition coefficient (Wildman–Crippen LogP) is 5.59. The number of ether oxygens (including phenoxy) is 1. The molecule has 1 amide bonds. The lowest BCUT2D eigenvalue weighted by molar-refractivity contribution is -0.114. The van der Waals surface area contributed by atoms with Crippen LogP contribution in [0.2, 0.25) is 0 Å². The van der Waals surface area contributed by atoms with Crippen LogP contribution in [0.4, 0.5) is 20.2 Å². The molecular formula is C26H20F2N2O4S. The van der Waals surface area contributed by atoms with Crippen LogP contribution >= 0.6 is 0 Å². The van der Waals surface area contributed by atoms with Crippen LogP contribution < -0.4 is 14.4 Å². The number of hydrogen-bond acceptors (Lipinski definition) is 4. The highest BCUT2D eigenvalue weighted by molar-refractivity contribution is 7.92. The Labute approximate surface area is 201 Å². The fraction of sp³-hybridized carbons (Fsp3) is 0.0385. The number of hydrogen-bond donors (Lipinski definition) is 1. The molecule has 0 aliphatic carbocycles. The Morgan fingerprint density at radius 3 is 1.89 bits per heavy atom. The number of carbonyl (C=O) groups excluding carboxylic acids is 1. The second-order valence-corrected chi connectivity index (χ2v) is 9.24. The highest BCUT2D eigenvalue weighted by Gasteiger charge is 2.28. The van der Waals surface area contributed by atoms with Gasteiger partial charge in [-0.05, 0) is 60.7 Å². The molecule has 4 aromatic rings. The van der Waals surface area contributed by atoms with Gasteiger partial charge in [-0.3, -0.25) is 9.10 Å². The predicted molar refractivity (Wildman–Crippen MR) is 129 cm³/mol. The van der Waals surface area contributed by atoms with E-state index in [0.717, 1.165) is 22.5 Å². The number of anilines is 2. The molecule has 0 atom stereocenters. The monoisotopic (exact) mass is 494 g/mol. The normalized spacial score (nSPS) is 11.0. The van der Waals surface area contributed by atoms with Crippen LogP contribution in [0.5, 0.6) is 11.5 Å². The molecule has 0 unspecified atom stereocenters. The summed E-state index contributed by atoms with van der Waals surface area (Å²) in [7, 11) is -4.19. The largest absolute Gasteiger partial charge is 0.457 e. The third-order valence-electron chi connectivity index (χ3n) is 4.95. The molecule has 0 saturated heterocycles. The van der Waals surface area contributed by atoms with Crippen molar-refractivity contribution in [2.24, 2.45) is 0 Å². The first kappa shape index (κ1) is 23.9. The van der Waals surface area contributed by atoms with Gasteiger partial charge in [0.1, 0.15) is 35.4 Å². The zero-order valence-electron chi connectivity index (χ0n) is 18.3. The highest BCUT2D eigenvalue weighted by atomic mass is 32.2. The molecule has 0 aliphatic heterocycles. The molecule has 0 aromatic heterocycles. The molecule has 0 saturated carbocycles. The van der Waals surface area contributed by atoms with Crippen LogP contribution in [0.1, 0.15) is 0 Å². The Kier molecular flexibility index (Phi) is 7.07. The second-order valence-electron chi connectivity index (χ2n) is 7.38. The number of carbonyl (C=O) groups is 1. The summed E-state index contributed by atoms with van der Waals surface area (Å²) in [6.07, 6.45) is 0. The van der Waals surface area contributed by atoms with Crippen LogP contribution in [0, 0.1) is 11.6 Å². The lowest BCUT2D eigenvalue weighted by atomic mass is 10.2. The molecular weight excluding hydrogens is 474 g/mol. The number of benzene rings is 4. The molecule has 178 valence electrons. The van der Waals surface area contributed by atoms with Gasteiger partial charge in [0.05, 0.1) is 10.6 Å².